The zero-order valence-electron chi connectivity index (χ0n) is 18.6. The predicted octanol–water partition coefficient (Wildman–Crippen LogP) is 6.06. The minimum Gasteiger partial charge on any atom is -0.494 e. The van der Waals surface area contributed by atoms with Crippen LogP contribution in [-0.4, -0.2) is 29.6 Å². The van der Waals surface area contributed by atoms with Gasteiger partial charge in [-0.05, 0) is 73.2 Å². The Kier molecular flexibility index (Phi) is 7.14. The van der Waals surface area contributed by atoms with E-state index >= 15 is 0 Å². The van der Waals surface area contributed by atoms with E-state index < -0.39 is 0 Å². The van der Waals surface area contributed by atoms with Gasteiger partial charge in [-0.1, -0.05) is 35.9 Å². The monoisotopic (exact) mass is 496 g/mol. The van der Waals surface area contributed by atoms with E-state index in [1.165, 1.54) is 11.0 Å². The molecule has 0 N–H and O–H groups in total. The molecule has 0 bridgehead atoms. The number of likely N-dealkylation sites (N-methyl/N-ethyl adjacent to an activating group) is 1. The molecule has 1 aliphatic rings. The molecule has 8 heteroatoms. The summed E-state index contributed by atoms with van der Waals surface area (Å²) in [6, 6.07) is 18.8. The first-order valence-corrected chi connectivity index (χ1v) is 11.4. The van der Waals surface area contributed by atoms with Crippen molar-refractivity contribution in [3.05, 3.63) is 94.4 Å². The van der Waals surface area contributed by atoms with Gasteiger partial charge in [0.2, 0.25) is 0 Å². The molecule has 0 unspecified atom stereocenters. The van der Waals surface area contributed by atoms with Gasteiger partial charge in [-0.3, -0.25) is 9.69 Å². The average molecular weight is 497 g/mol. The number of thiocarbonyl (C=S) groups is 1. The molecule has 1 saturated heterocycles. The average Bonchev–Trinajstić information content (AvgIpc) is 3.03. The standard InChI is InChI=1S/C26H22ClFN2O3S/c1-3-32-20-11-9-19(10-12-20)30-25(31)23(29(2)26(30)34)15-17-8-13-24(21(27)14-17)33-16-18-6-4-5-7-22(18)28/h4-15H,3,16H2,1-2H3/b23-15-. The largest absolute Gasteiger partial charge is 0.494 e. The topological polar surface area (TPSA) is 42.0 Å². The van der Waals surface area contributed by atoms with Gasteiger partial charge in [-0.25, -0.2) is 4.39 Å². The highest BCUT2D eigenvalue weighted by molar-refractivity contribution is 7.80. The lowest BCUT2D eigenvalue weighted by atomic mass is 10.1. The lowest BCUT2D eigenvalue weighted by molar-refractivity contribution is -0.114. The molecule has 3 aromatic carbocycles. The zero-order chi connectivity index (χ0) is 24.2. The third kappa shape index (κ3) is 4.90. The van der Waals surface area contributed by atoms with Crippen molar-refractivity contribution >= 4 is 46.6 Å². The quantitative estimate of drug-likeness (QED) is 0.294. The predicted molar refractivity (Wildman–Crippen MR) is 136 cm³/mol. The van der Waals surface area contributed by atoms with Gasteiger partial charge in [0.25, 0.3) is 5.91 Å². The summed E-state index contributed by atoms with van der Waals surface area (Å²) in [5, 5.41) is 0.723. The molecule has 5 nitrogen and oxygen atoms in total. The van der Waals surface area contributed by atoms with Gasteiger partial charge >= 0.3 is 0 Å². The van der Waals surface area contributed by atoms with E-state index in [1.54, 1.807) is 78.7 Å². The highest BCUT2D eigenvalue weighted by Crippen LogP contribution is 2.31. The molecule has 1 aliphatic heterocycles. The fourth-order valence-electron chi connectivity index (χ4n) is 3.50. The molecule has 0 aliphatic carbocycles. The number of hydrogen-bond donors (Lipinski definition) is 0. The first kappa shape index (κ1) is 23.7. The number of nitrogens with zero attached hydrogens (tertiary/aromatic N) is 2. The van der Waals surface area contributed by atoms with Crippen LogP contribution in [0.1, 0.15) is 18.1 Å². The summed E-state index contributed by atoms with van der Waals surface area (Å²) in [7, 11) is 1.74. The number of anilines is 1. The molecule has 1 heterocycles. The van der Waals surface area contributed by atoms with Crippen LogP contribution in [0.3, 0.4) is 0 Å². The van der Waals surface area contributed by atoms with E-state index in [4.69, 9.17) is 33.3 Å². The van der Waals surface area contributed by atoms with Crippen molar-refractivity contribution in [3.63, 3.8) is 0 Å². The van der Waals surface area contributed by atoms with E-state index in [0.29, 0.717) is 45.0 Å². The van der Waals surface area contributed by atoms with Crippen LogP contribution in [0, 0.1) is 5.82 Å². The molecule has 0 spiro atoms. The van der Waals surface area contributed by atoms with Crippen LogP contribution >= 0.6 is 23.8 Å². The Bertz CT molecular complexity index is 1260. The second kappa shape index (κ2) is 10.2. The summed E-state index contributed by atoms with van der Waals surface area (Å²) in [6.45, 7) is 2.53. The number of rotatable bonds is 7. The highest BCUT2D eigenvalue weighted by atomic mass is 35.5. The number of halogens is 2. The van der Waals surface area contributed by atoms with E-state index in [2.05, 4.69) is 0 Å². The molecule has 0 atom stereocenters. The lowest BCUT2D eigenvalue weighted by Crippen LogP contribution is -2.31. The van der Waals surface area contributed by atoms with Crippen molar-refractivity contribution in [2.75, 3.05) is 18.6 Å². The molecule has 1 amide bonds. The van der Waals surface area contributed by atoms with Gasteiger partial charge in [-0.2, -0.15) is 0 Å². The van der Waals surface area contributed by atoms with Gasteiger partial charge in [-0.15, -0.1) is 0 Å². The fourth-order valence-corrected chi connectivity index (χ4v) is 4.03. The maximum atomic E-state index is 13.8. The van der Waals surface area contributed by atoms with E-state index in [-0.39, 0.29) is 18.3 Å². The van der Waals surface area contributed by atoms with Crippen molar-refractivity contribution in [2.24, 2.45) is 0 Å². The second-order valence-electron chi connectivity index (χ2n) is 7.51. The molecular weight excluding hydrogens is 475 g/mol. The van der Waals surface area contributed by atoms with Gasteiger partial charge in [0.15, 0.2) is 5.11 Å². The smallest absolute Gasteiger partial charge is 0.281 e. The Labute approximate surface area is 208 Å². The Hall–Kier alpha value is -3.42. The molecule has 174 valence electrons. The Morgan fingerprint density at radius 2 is 1.79 bits per heavy atom. The number of carbonyl (C=O) groups is 1. The van der Waals surface area contributed by atoms with Crippen LogP contribution in [0.25, 0.3) is 6.08 Å². The van der Waals surface area contributed by atoms with Crippen molar-refractivity contribution in [1.82, 2.24) is 4.90 Å². The molecule has 1 fully saturated rings. The summed E-state index contributed by atoms with van der Waals surface area (Å²) in [6.07, 6.45) is 1.72. The summed E-state index contributed by atoms with van der Waals surface area (Å²) in [5.41, 5.74) is 2.21. The van der Waals surface area contributed by atoms with Crippen LogP contribution in [-0.2, 0) is 11.4 Å². The summed E-state index contributed by atoms with van der Waals surface area (Å²) in [5.74, 6) is 0.563. The van der Waals surface area contributed by atoms with Crippen LogP contribution in [0.15, 0.2) is 72.4 Å². The number of carbonyl (C=O) groups excluding carboxylic acids is 1. The summed E-state index contributed by atoms with van der Waals surface area (Å²) in [4.78, 5) is 16.3. The second-order valence-corrected chi connectivity index (χ2v) is 8.28. The number of amides is 1. The van der Waals surface area contributed by atoms with Crippen LogP contribution in [0.4, 0.5) is 10.1 Å². The summed E-state index contributed by atoms with van der Waals surface area (Å²) >= 11 is 11.9. The summed E-state index contributed by atoms with van der Waals surface area (Å²) < 4.78 is 25.0. The normalized spacial score (nSPS) is 14.8. The number of ether oxygens (including phenoxy) is 2. The molecule has 4 rings (SSSR count). The molecule has 0 saturated carbocycles. The van der Waals surface area contributed by atoms with E-state index in [1.807, 2.05) is 6.92 Å². The molecule has 3 aromatic rings. The van der Waals surface area contributed by atoms with E-state index in [0.717, 1.165) is 5.75 Å². The van der Waals surface area contributed by atoms with Crippen LogP contribution in [0.5, 0.6) is 11.5 Å². The Morgan fingerprint density at radius 3 is 2.47 bits per heavy atom. The van der Waals surface area contributed by atoms with Gasteiger partial charge in [0.05, 0.1) is 17.3 Å². The van der Waals surface area contributed by atoms with Crippen molar-refractivity contribution in [1.29, 1.82) is 0 Å². The molecule has 34 heavy (non-hydrogen) atoms. The number of hydrogen-bond acceptors (Lipinski definition) is 4. The minimum atomic E-state index is -0.337. The third-order valence-corrected chi connectivity index (χ3v) is 6.02. The SMILES string of the molecule is CCOc1ccc(N2C(=O)/C(=C/c3ccc(OCc4ccccc4F)c(Cl)c3)N(C)C2=S)cc1. The third-order valence-electron chi connectivity index (χ3n) is 5.27. The zero-order valence-corrected chi connectivity index (χ0v) is 20.2. The maximum absolute atomic E-state index is 13.8. The fraction of sp³-hybridized carbons (Fsp3) is 0.154. The molecule has 0 radical (unpaired) electrons. The van der Waals surface area contributed by atoms with Gasteiger partial charge in [0, 0.05) is 12.6 Å². The minimum absolute atomic E-state index is 0.0549. The Morgan fingerprint density at radius 1 is 1.06 bits per heavy atom. The van der Waals surface area contributed by atoms with Crippen molar-refractivity contribution in [2.45, 2.75) is 13.5 Å². The van der Waals surface area contributed by atoms with Gasteiger partial charge in [0.1, 0.15) is 29.6 Å². The van der Waals surface area contributed by atoms with Crippen LogP contribution < -0.4 is 14.4 Å². The molecule has 0 aromatic heterocycles. The van der Waals surface area contributed by atoms with E-state index in [9.17, 15) is 9.18 Å². The van der Waals surface area contributed by atoms with Crippen molar-refractivity contribution < 1.29 is 18.7 Å². The Balaban J connectivity index is 1.52. The van der Waals surface area contributed by atoms with Crippen LogP contribution in [0.2, 0.25) is 5.02 Å². The first-order chi connectivity index (χ1) is 16.4. The molecular formula is C26H22ClFN2O3S. The number of benzene rings is 3. The van der Waals surface area contributed by atoms with Crippen molar-refractivity contribution in [3.8, 4) is 11.5 Å². The maximum Gasteiger partial charge on any atom is 0.281 e. The lowest BCUT2D eigenvalue weighted by Gasteiger charge is -2.16. The highest BCUT2D eigenvalue weighted by Gasteiger charge is 2.36. The first-order valence-electron chi connectivity index (χ1n) is 10.6. The van der Waals surface area contributed by atoms with Gasteiger partial charge < -0.3 is 14.4 Å².